The second-order valence-electron chi connectivity index (χ2n) is 5.56. The predicted octanol–water partition coefficient (Wildman–Crippen LogP) is 2.05. The quantitative estimate of drug-likeness (QED) is 0.614. The van der Waals surface area contributed by atoms with E-state index >= 15 is 0 Å². The fraction of sp³-hybridized carbons (Fsp3) is 0.263. The van der Waals surface area contributed by atoms with Crippen LogP contribution in [0.2, 0.25) is 0 Å². The third-order valence-corrected chi connectivity index (χ3v) is 3.70. The van der Waals surface area contributed by atoms with Crippen LogP contribution in [-0.4, -0.2) is 32.0 Å². The van der Waals surface area contributed by atoms with Crippen molar-refractivity contribution < 1.29 is 14.3 Å². The van der Waals surface area contributed by atoms with Crippen molar-refractivity contribution in [3.8, 4) is 5.75 Å². The number of nitrogens with one attached hydrogen (secondary N) is 2. The Bertz CT molecular complexity index is 710. The molecule has 2 aromatic carbocycles. The van der Waals surface area contributed by atoms with Crippen molar-refractivity contribution in [2.24, 2.45) is 5.73 Å². The lowest BCUT2D eigenvalue weighted by molar-refractivity contribution is -0.121. The molecule has 6 nitrogen and oxygen atoms in total. The molecule has 0 saturated heterocycles. The van der Waals surface area contributed by atoms with Gasteiger partial charge < -0.3 is 21.1 Å². The summed E-state index contributed by atoms with van der Waals surface area (Å²) in [6, 6.07) is 16.0. The van der Waals surface area contributed by atoms with Crippen molar-refractivity contribution in [3.63, 3.8) is 0 Å². The zero-order chi connectivity index (χ0) is 18.1. The van der Waals surface area contributed by atoms with Gasteiger partial charge in [0, 0.05) is 31.1 Å². The van der Waals surface area contributed by atoms with E-state index in [0.29, 0.717) is 24.4 Å². The molecule has 140 valence electrons. The minimum atomic E-state index is -0.340. The molecule has 4 N–H and O–H groups in total. The van der Waals surface area contributed by atoms with Gasteiger partial charge in [0.1, 0.15) is 5.75 Å². The van der Waals surface area contributed by atoms with Gasteiger partial charge >= 0.3 is 0 Å². The van der Waals surface area contributed by atoms with Crippen molar-refractivity contribution in [3.05, 3.63) is 65.7 Å². The first-order chi connectivity index (χ1) is 12.1. The highest BCUT2D eigenvalue weighted by molar-refractivity contribution is 5.94. The van der Waals surface area contributed by atoms with E-state index < -0.39 is 0 Å². The van der Waals surface area contributed by atoms with Crippen molar-refractivity contribution in [1.29, 1.82) is 0 Å². The highest BCUT2D eigenvalue weighted by Crippen LogP contribution is 2.13. The number of hydrogen-bond acceptors (Lipinski definition) is 4. The Balaban J connectivity index is 0.00000338. The smallest absolute Gasteiger partial charge is 0.251 e. The van der Waals surface area contributed by atoms with Gasteiger partial charge in [0.25, 0.3) is 5.91 Å². The molecule has 1 unspecified atom stereocenters. The van der Waals surface area contributed by atoms with Crippen LogP contribution in [0.3, 0.4) is 0 Å². The maximum Gasteiger partial charge on any atom is 0.251 e. The van der Waals surface area contributed by atoms with Crippen LogP contribution in [-0.2, 0) is 4.79 Å². The molecule has 2 aromatic rings. The zero-order valence-electron chi connectivity index (χ0n) is 14.6. The summed E-state index contributed by atoms with van der Waals surface area (Å²) in [5.74, 6) is 0.261. The molecule has 0 aromatic heterocycles. The highest BCUT2D eigenvalue weighted by Gasteiger charge is 2.11. The molecule has 0 aliphatic rings. The van der Waals surface area contributed by atoms with Gasteiger partial charge in [-0.1, -0.05) is 36.4 Å². The number of amides is 2. The zero-order valence-corrected chi connectivity index (χ0v) is 15.4. The molecule has 26 heavy (non-hydrogen) atoms. The highest BCUT2D eigenvalue weighted by atomic mass is 35.5. The normalized spacial score (nSPS) is 11.0. The number of nitrogens with two attached hydrogens (primary N) is 1. The second-order valence-corrected chi connectivity index (χ2v) is 5.56. The summed E-state index contributed by atoms with van der Waals surface area (Å²) in [5, 5.41) is 5.50. The van der Waals surface area contributed by atoms with Gasteiger partial charge in [0.15, 0.2) is 0 Å². The van der Waals surface area contributed by atoms with Gasteiger partial charge in [-0.05, 0) is 23.8 Å². The van der Waals surface area contributed by atoms with Crippen molar-refractivity contribution in [2.45, 2.75) is 12.5 Å². The molecular formula is C19H24ClN3O3. The third kappa shape index (κ3) is 6.74. The monoisotopic (exact) mass is 377 g/mol. The van der Waals surface area contributed by atoms with Gasteiger partial charge in [-0.15, -0.1) is 12.4 Å². The minimum absolute atomic E-state index is 0. The summed E-state index contributed by atoms with van der Waals surface area (Å²) < 4.78 is 5.09. The summed E-state index contributed by atoms with van der Waals surface area (Å²) in [4.78, 5) is 23.9. The number of carbonyl (C=O) groups is 2. The maximum atomic E-state index is 12.0. The van der Waals surface area contributed by atoms with Crippen molar-refractivity contribution in [1.82, 2.24) is 10.6 Å². The third-order valence-electron chi connectivity index (χ3n) is 3.70. The Morgan fingerprint density at radius 1 is 1.04 bits per heavy atom. The molecule has 2 rings (SSSR count). The first-order valence-corrected chi connectivity index (χ1v) is 8.09. The molecule has 2 amide bonds. The van der Waals surface area contributed by atoms with Gasteiger partial charge in [-0.2, -0.15) is 0 Å². The van der Waals surface area contributed by atoms with E-state index in [9.17, 15) is 9.59 Å². The molecule has 0 aliphatic carbocycles. The van der Waals surface area contributed by atoms with Gasteiger partial charge in [-0.3, -0.25) is 9.59 Å². The maximum absolute atomic E-state index is 12.0. The number of methoxy groups -OCH3 is 1. The standard InChI is InChI=1S/C19H23N3O3.ClH/c1-25-16-9-5-8-15(12-16)19(24)22-11-10-21-18(23)13-17(20)14-6-3-2-4-7-14;/h2-9,12,17H,10-11,13,20H2,1H3,(H,21,23)(H,22,24);1H. The van der Waals surface area contributed by atoms with Crippen LogP contribution < -0.4 is 21.1 Å². The Labute approximate surface area is 159 Å². The molecule has 0 spiro atoms. The minimum Gasteiger partial charge on any atom is -0.497 e. The van der Waals surface area contributed by atoms with E-state index in [4.69, 9.17) is 10.5 Å². The SMILES string of the molecule is COc1cccc(C(=O)NCCNC(=O)CC(N)c2ccccc2)c1.Cl. The first-order valence-electron chi connectivity index (χ1n) is 8.09. The Kier molecular flexibility index (Phi) is 9.19. The van der Waals surface area contributed by atoms with Crippen LogP contribution in [0.5, 0.6) is 5.75 Å². The number of carbonyl (C=O) groups excluding carboxylic acids is 2. The molecular weight excluding hydrogens is 354 g/mol. The molecule has 0 aliphatic heterocycles. The summed E-state index contributed by atoms with van der Waals surface area (Å²) >= 11 is 0. The average molecular weight is 378 g/mol. The van der Waals surface area contributed by atoms with Gasteiger partial charge in [0.05, 0.1) is 7.11 Å². The number of benzene rings is 2. The fourth-order valence-electron chi connectivity index (χ4n) is 2.33. The molecule has 1 atom stereocenters. The number of rotatable bonds is 8. The van der Waals surface area contributed by atoms with E-state index in [2.05, 4.69) is 10.6 Å². The van der Waals surface area contributed by atoms with E-state index in [1.54, 1.807) is 31.4 Å². The number of ether oxygens (including phenoxy) is 1. The van der Waals surface area contributed by atoms with Crippen LogP contribution in [0.25, 0.3) is 0 Å². The van der Waals surface area contributed by atoms with Crippen LogP contribution in [0.15, 0.2) is 54.6 Å². The Morgan fingerprint density at radius 3 is 2.42 bits per heavy atom. The van der Waals surface area contributed by atoms with E-state index in [-0.39, 0.29) is 36.7 Å². The van der Waals surface area contributed by atoms with Gasteiger partial charge in [0.2, 0.25) is 5.91 Å². The van der Waals surface area contributed by atoms with E-state index in [1.165, 1.54) is 0 Å². The molecule has 0 heterocycles. The number of halogens is 1. The second kappa shape index (κ2) is 11.1. The summed E-state index contributed by atoms with van der Waals surface area (Å²) in [6.45, 7) is 0.679. The summed E-state index contributed by atoms with van der Waals surface area (Å²) in [5.41, 5.74) is 7.44. The van der Waals surface area contributed by atoms with Crippen molar-refractivity contribution >= 4 is 24.2 Å². The lowest BCUT2D eigenvalue weighted by atomic mass is 10.0. The van der Waals surface area contributed by atoms with Crippen molar-refractivity contribution in [2.75, 3.05) is 20.2 Å². The Hall–Kier alpha value is -2.57. The first kappa shape index (κ1) is 21.5. The Morgan fingerprint density at radius 2 is 1.73 bits per heavy atom. The summed E-state index contributed by atoms with van der Waals surface area (Å²) in [7, 11) is 1.55. The van der Waals surface area contributed by atoms with Crippen LogP contribution in [0.4, 0.5) is 0 Å². The number of hydrogen-bond donors (Lipinski definition) is 3. The van der Waals surface area contributed by atoms with E-state index in [1.807, 2.05) is 30.3 Å². The largest absolute Gasteiger partial charge is 0.497 e. The lowest BCUT2D eigenvalue weighted by Crippen LogP contribution is -2.35. The molecule has 0 bridgehead atoms. The van der Waals surface area contributed by atoms with Crippen LogP contribution in [0.1, 0.15) is 28.4 Å². The average Bonchev–Trinajstić information content (AvgIpc) is 2.65. The van der Waals surface area contributed by atoms with Gasteiger partial charge in [-0.25, -0.2) is 0 Å². The van der Waals surface area contributed by atoms with Crippen LogP contribution in [0, 0.1) is 0 Å². The fourth-order valence-corrected chi connectivity index (χ4v) is 2.33. The van der Waals surface area contributed by atoms with Crippen LogP contribution >= 0.6 is 12.4 Å². The predicted molar refractivity (Wildman–Crippen MR) is 104 cm³/mol. The van der Waals surface area contributed by atoms with E-state index in [0.717, 1.165) is 5.56 Å². The summed E-state index contributed by atoms with van der Waals surface area (Å²) in [6.07, 6.45) is 0.202. The molecule has 0 saturated carbocycles. The topological polar surface area (TPSA) is 93.5 Å². The molecule has 0 fully saturated rings. The molecule has 7 heteroatoms. The molecule has 0 radical (unpaired) electrons. The lowest BCUT2D eigenvalue weighted by Gasteiger charge is -2.12.